The average Bonchev–Trinajstić information content (AvgIpc) is 2.89. The van der Waals surface area contributed by atoms with Crippen LogP contribution < -0.4 is 11.1 Å². The van der Waals surface area contributed by atoms with Gasteiger partial charge in [-0.15, -0.1) is 11.3 Å². The van der Waals surface area contributed by atoms with Crippen molar-refractivity contribution in [1.82, 2.24) is 9.97 Å². The van der Waals surface area contributed by atoms with E-state index in [9.17, 15) is 0 Å². The second kappa shape index (κ2) is 7.56. The van der Waals surface area contributed by atoms with Crippen LogP contribution >= 0.6 is 23.1 Å². The lowest BCUT2D eigenvalue weighted by atomic mass is 9.98. The van der Waals surface area contributed by atoms with Crippen molar-refractivity contribution in [2.24, 2.45) is 0 Å². The Morgan fingerprint density at radius 3 is 2.96 bits per heavy atom. The quantitative estimate of drug-likeness (QED) is 0.447. The summed E-state index contributed by atoms with van der Waals surface area (Å²) in [7, 11) is 0. The molecule has 132 valence electrons. The van der Waals surface area contributed by atoms with Gasteiger partial charge in [0.05, 0.1) is 29.0 Å². The molecule has 0 amide bonds. The normalized spacial score (nSPS) is 16.3. The number of anilines is 1. The smallest absolute Gasteiger partial charge is 0.190 e. The Kier molecular flexibility index (Phi) is 5.64. The average molecular weight is 368 g/mol. The maximum atomic E-state index is 6.03. The fourth-order valence-electron chi connectivity index (χ4n) is 2.75. The molecule has 0 aromatic carbocycles. The lowest BCUT2D eigenvalue weighted by Crippen LogP contribution is -2.50. The number of hydrogen-bond acceptors (Lipinski definition) is 6. The molecule has 7 heteroatoms. The molecule has 0 spiro atoms. The molecule has 2 aromatic heterocycles. The van der Waals surface area contributed by atoms with Crippen LogP contribution in [0.1, 0.15) is 44.1 Å². The van der Waals surface area contributed by atoms with E-state index in [1.54, 1.807) is 11.8 Å². The molecule has 4 N–H and O–H groups in total. The van der Waals surface area contributed by atoms with E-state index in [4.69, 9.17) is 14.7 Å². The Bertz CT molecular complexity index is 714. The summed E-state index contributed by atoms with van der Waals surface area (Å²) >= 11 is 3.56. The van der Waals surface area contributed by atoms with E-state index in [-0.39, 0.29) is 5.60 Å². The van der Waals surface area contributed by atoms with Crippen LogP contribution in [-0.2, 0) is 17.8 Å². The van der Waals surface area contributed by atoms with Gasteiger partial charge in [0.2, 0.25) is 0 Å². The van der Waals surface area contributed by atoms with E-state index in [0.717, 1.165) is 54.6 Å². The first-order valence-corrected chi connectivity index (χ1v) is 10.5. The van der Waals surface area contributed by atoms with E-state index < -0.39 is 0 Å². The number of hydrogen-bond donors (Lipinski definition) is 2. The van der Waals surface area contributed by atoms with Crippen molar-refractivity contribution < 1.29 is 10.5 Å². The van der Waals surface area contributed by atoms with Gasteiger partial charge in [0, 0.05) is 35.6 Å². The molecule has 3 rings (SSSR count). The topological polar surface area (TPSA) is 74.7 Å². The van der Waals surface area contributed by atoms with Crippen LogP contribution in [-0.4, -0.2) is 34.4 Å². The Hall–Kier alpha value is -0.890. The number of aromatic nitrogens is 2. The summed E-state index contributed by atoms with van der Waals surface area (Å²) < 4.78 is 7.20. The largest absolute Gasteiger partial charge is 0.370 e. The molecular weight excluding hydrogens is 340 g/mol. The minimum atomic E-state index is -0.0947. The Morgan fingerprint density at radius 1 is 1.38 bits per heavy atom. The van der Waals surface area contributed by atoms with E-state index in [1.165, 1.54) is 15.1 Å². The zero-order valence-electron chi connectivity index (χ0n) is 14.8. The number of rotatable bonds is 7. The van der Waals surface area contributed by atoms with E-state index >= 15 is 0 Å². The summed E-state index contributed by atoms with van der Waals surface area (Å²) in [4.78, 5) is 11.0. The summed E-state index contributed by atoms with van der Waals surface area (Å²) in [5.74, 6) is 2.02. The number of quaternary nitrogens is 1. The minimum absolute atomic E-state index is 0.0947. The van der Waals surface area contributed by atoms with E-state index in [2.05, 4.69) is 31.8 Å². The predicted octanol–water partition coefficient (Wildman–Crippen LogP) is 3.09. The van der Waals surface area contributed by atoms with Crippen LogP contribution in [0.2, 0.25) is 0 Å². The van der Waals surface area contributed by atoms with E-state index in [0.29, 0.717) is 6.61 Å². The van der Waals surface area contributed by atoms with Gasteiger partial charge in [-0.05, 0) is 20.3 Å². The van der Waals surface area contributed by atoms with Crippen LogP contribution in [0.3, 0.4) is 0 Å². The molecule has 0 aliphatic carbocycles. The molecular formula is C17H27N4OS2+. The first-order chi connectivity index (χ1) is 11.5. The SMILES string of the molecule is CCCSc1nc(NCCC[NH3+])c2sc3c(c2n1)COC(C)(C)C3. The van der Waals surface area contributed by atoms with Crippen LogP contribution in [0.15, 0.2) is 5.16 Å². The van der Waals surface area contributed by atoms with Crippen LogP contribution in [0, 0.1) is 0 Å². The second-order valence-corrected chi connectivity index (χ2v) is 8.91. The molecule has 0 saturated carbocycles. The summed E-state index contributed by atoms with van der Waals surface area (Å²) in [5, 5.41) is 4.37. The molecule has 0 bridgehead atoms. The van der Waals surface area contributed by atoms with Gasteiger partial charge >= 0.3 is 0 Å². The Labute approximate surface area is 151 Å². The zero-order valence-corrected chi connectivity index (χ0v) is 16.4. The second-order valence-electron chi connectivity index (χ2n) is 6.74. The number of nitrogens with zero attached hydrogens (tertiary/aromatic N) is 2. The first-order valence-electron chi connectivity index (χ1n) is 8.66. The van der Waals surface area contributed by atoms with Gasteiger partial charge < -0.3 is 15.8 Å². The van der Waals surface area contributed by atoms with Crippen LogP contribution in [0.5, 0.6) is 0 Å². The van der Waals surface area contributed by atoms with Crippen LogP contribution in [0.25, 0.3) is 10.2 Å². The summed E-state index contributed by atoms with van der Waals surface area (Å²) in [6.07, 6.45) is 3.11. The molecule has 1 aliphatic rings. The molecule has 0 radical (unpaired) electrons. The Morgan fingerprint density at radius 2 is 2.21 bits per heavy atom. The fraction of sp³-hybridized carbons (Fsp3) is 0.647. The standard InChI is InChI=1S/C17H26N4OS2/c1-4-8-23-16-20-13-11-10-22-17(2,3)9-12(11)24-14(13)15(21-16)19-7-5-6-18/h4-10,18H2,1-3H3,(H,19,20,21)/p+1. The van der Waals surface area contributed by atoms with Gasteiger partial charge in [-0.1, -0.05) is 18.7 Å². The molecule has 0 unspecified atom stereocenters. The maximum absolute atomic E-state index is 6.03. The van der Waals surface area contributed by atoms with Gasteiger partial charge in [-0.25, -0.2) is 9.97 Å². The highest BCUT2D eigenvalue weighted by Crippen LogP contribution is 2.41. The Balaban J connectivity index is 2.01. The third-order valence-corrected chi connectivity index (χ3v) is 6.32. The van der Waals surface area contributed by atoms with Crippen molar-refractivity contribution in [3.63, 3.8) is 0 Å². The van der Waals surface area contributed by atoms with Crippen molar-refractivity contribution >= 4 is 39.1 Å². The van der Waals surface area contributed by atoms with Crippen molar-refractivity contribution in [1.29, 1.82) is 0 Å². The first kappa shape index (κ1) is 17.9. The number of thiophene rings is 1. The molecule has 1 aliphatic heterocycles. The van der Waals surface area contributed by atoms with Crippen molar-refractivity contribution in [3.05, 3.63) is 10.4 Å². The van der Waals surface area contributed by atoms with Gasteiger partial charge in [-0.3, -0.25) is 0 Å². The number of ether oxygens (including phenoxy) is 1. The lowest BCUT2D eigenvalue weighted by Gasteiger charge is -2.29. The van der Waals surface area contributed by atoms with Gasteiger partial charge in [0.25, 0.3) is 0 Å². The van der Waals surface area contributed by atoms with Crippen molar-refractivity contribution in [2.45, 2.75) is 57.4 Å². The summed E-state index contributed by atoms with van der Waals surface area (Å²) in [6.45, 7) is 8.97. The number of nitrogens with one attached hydrogen (secondary N) is 1. The summed E-state index contributed by atoms with van der Waals surface area (Å²) in [6, 6.07) is 0. The van der Waals surface area contributed by atoms with Crippen LogP contribution in [0.4, 0.5) is 5.82 Å². The molecule has 2 aromatic rings. The zero-order chi connectivity index (χ0) is 17.2. The predicted molar refractivity (Wildman–Crippen MR) is 102 cm³/mol. The molecule has 0 saturated heterocycles. The minimum Gasteiger partial charge on any atom is -0.370 e. The lowest BCUT2D eigenvalue weighted by molar-refractivity contribution is -0.367. The highest BCUT2D eigenvalue weighted by atomic mass is 32.2. The van der Waals surface area contributed by atoms with Crippen molar-refractivity contribution in [2.75, 3.05) is 24.2 Å². The molecule has 0 atom stereocenters. The molecule has 3 heterocycles. The van der Waals surface area contributed by atoms with Crippen molar-refractivity contribution in [3.8, 4) is 0 Å². The van der Waals surface area contributed by atoms with E-state index in [1.807, 2.05) is 11.3 Å². The monoisotopic (exact) mass is 367 g/mol. The fourth-order valence-corrected chi connectivity index (χ4v) is 4.88. The van der Waals surface area contributed by atoms with Gasteiger partial charge in [0.15, 0.2) is 5.16 Å². The van der Waals surface area contributed by atoms with Gasteiger partial charge in [-0.2, -0.15) is 0 Å². The number of fused-ring (bicyclic) bond motifs is 3. The number of thioether (sulfide) groups is 1. The summed E-state index contributed by atoms with van der Waals surface area (Å²) in [5.41, 5.74) is 6.16. The molecule has 5 nitrogen and oxygen atoms in total. The van der Waals surface area contributed by atoms with Gasteiger partial charge in [0.1, 0.15) is 5.82 Å². The molecule has 24 heavy (non-hydrogen) atoms. The third-order valence-electron chi connectivity index (χ3n) is 4.04. The maximum Gasteiger partial charge on any atom is 0.190 e. The third kappa shape index (κ3) is 3.85. The highest BCUT2D eigenvalue weighted by Gasteiger charge is 2.30. The highest BCUT2D eigenvalue weighted by molar-refractivity contribution is 7.99. The molecule has 0 fully saturated rings.